The number of carboxylic acids is 1. The largest absolute Gasteiger partial charge is 0.481 e. The lowest BCUT2D eigenvalue weighted by molar-refractivity contribution is -0.141. The van der Waals surface area contributed by atoms with Crippen LogP contribution in [0.3, 0.4) is 0 Å². The third-order valence-electron chi connectivity index (χ3n) is 8.85. The van der Waals surface area contributed by atoms with Gasteiger partial charge in [0, 0.05) is 24.0 Å². The number of nitrogens with zero attached hydrogens (tertiary/aromatic N) is 4. The van der Waals surface area contributed by atoms with Crippen LogP contribution in [0.15, 0.2) is 60.3 Å². The number of hydrogen-bond donors (Lipinski definition) is 1. The Labute approximate surface area is 237 Å². The van der Waals surface area contributed by atoms with Crippen LogP contribution >= 0.6 is 0 Å². The number of hydrogen-bond acceptors (Lipinski definition) is 4. The van der Waals surface area contributed by atoms with Crippen LogP contribution in [0.1, 0.15) is 83.9 Å². The van der Waals surface area contributed by atoms with Crippen LogP contribution in [0.25, 0.3) is 23.1 Å². The Morgan fingerprint density at radius 2 is 1.88 bits per heavy atom. The molecule has 2 aromatic carbocycles. The predicted molar refractivity (Wildman–Crippen MR) is 153 cm³/mol. The lowest BCUT2D eigenvalue weighted by atomic mass is 9.93. The number of fused-ring (bicyclic) bond motifs is 2. The van der Waals surface area contributed by atoms with E-state index in [4.69, 9.17) is 0 Å². The lowest BCUT2D eigenvalue weighted by Gasteiger charge is -2.35. The number of carboxylic acid groups (broad SMARTS) is 1. The summed E-state index contributed by atoms with van der Waals surface area (Å²) in [6, 6.07) is 15.1. The molecule has 1 amide bonds. The number of benzene rings is 2. The fourth-order valence-electron chi connectivity index (χ4n) is 6.41. The van der Waals surface area contributed by atoms with Crippen molar-refractivity contribution in [3.63, 3.8) is 0 Å². The minimum atomic E-state index is -0.776. The number of aliphatic carboxylic acids is 1. The quantitative estimate of drug-likeness (QED) is 0.309. The molecular formula is C33H31FN4O3. The summed E-state index contributed by atoms with van der Waals surface area (Å²) in [6.07, 6.45) is 8.43. The van der Waals surface area contributed by atoms with E-state index in [2.05, 4.69) is 29.0 Å². The Balaban J connectivity index is 1.20. The maximum absolute atomic E-state index is 15.4. The van der Waals surface area contributed by atoms with Gasteiger partial charge in [-0.1, -0.05) is 42.0 Å². The molecule has 0 radical (unpaired) electrons. The summed E-state index contributed by atoms with van der Waals surface area (Å²) in [4.78, 5) is 36.3. The van der Waals surface area contributed by atoms with Crippen molar-refractivity contribution in [3.8, 4) is 11.3 Å². The van der Waals surface area contributed by atoms with Crippen molar-refractivity contribution in [3.05, 3.63) is 94.2 Å². The van der Waals surface area contributed by atoms with Gasteiger partial charge in [0.25, 0.3) is 5.91 Å². The number of rotatable bonds is 5. The van der Waals surface area contributed by atoms with Crippen LogP contribution in [0.4, 0.5) is 4.39 Å². The summed E-state index contributed by atoms with van der Waals surface area (Å²) < 4.78 is 17.3. The second-order valence-corrected chi connectivity index (χ2v) is 11.6. The summed E-state index contributed by atoms with van der Waals surface area (Å²) in [6.45, 7) is 2.69. The van der Waals surface area contributed by atoms with E-state index in [0.29, 0.717) is 60.0 Å². The molecule has 2 aliphatic carbocycles. The van der Waals surface area contributed by atoms with Crippen molar-refractivity contribution in [2.24, 2.45) is 5.92 Å². The van der Waals surface area contributed by atoms with Crippen LogP contribution < -0.4 is 0 Å². The molecule has 1 unspecified atom stereocenters. The zero-order valence-corrected chi connectivity index (χ0v) is 22.9. The zero-order chi connectivity index (χ0) is 28.2. The smallest absolute Gasteiger partial charge is 0.306 e. The normalized spacial score (nSPS) is 21.4. The number of halogens is 1. The second-order valence-electron chi connectivity index (χ2n) is 11.6. The van der Waals surface area contributed by atoms with Gasteiger partial charge in [-0.15, -0.1) is 0 Å². The summed E-state index contributed by atoms with van der Waals surface area (Å²) in [5, 5.41) is 9.26. The van der Waals surface area contributed by atoms with E-state index in [1.165, 1.54) is 17.2 Å². The minimum absolute atomic E-state index is 0.0491. The van der Waals surface area contributed by atoms with E-state index in [9.17, 15) is 14.7 Å². The highest BCUT2D eigenvalue weighted by molar-refractivity contribution is 5.93. The van der Waals surface area contributed by atoms with Gasteiger partial charge in [0.1, 0.15) is 11.5 Å². The van der Waals surface area contributed by atoms with Crippen molar-refractivity contribution < 1.29 is 19.1 Å². The van der Waals surface area contributed by atoms with E-state index >= 15 is 4.39 Å². The average molecular weight is 551 g/mol. The molecule has 3 heterocycles. The molecule has 1 N–H and O–H groups in total. The van der Waals surface area contributed by atoms with Crippen LogP contribution in [-0.4, -0.2) is 42.8 Å². The van der Waals surface area contributed by atoms with E-state index in [-0.39, 0.29) is 17.9 Å². The van der Waals surface area contributed by atoms with Crippen LogP contribution in [0.2, 0.25) is 0 Å². The van der Waals surface area contributed by atoms with Crippen molar-refractivity contribution >= 4 is 23.7 Å². The van der Waals surface area contributed by atoms with E-state index in [1.54, 1.807) is 6.07 Å². The molecule has 0 saturated heterocycles. The van der Waals surface area contributed by atoms with Gasteiger partial charge in [-0.2, -0.15) is 0 Å². The van der Waals surface area contributed by atoms with Gasteiger partial charge in [-0.25, -0.2) is 14.4 Å². The first-order chi connectivity index (χ1) is 19.9. The summed E-state index contributed by atoms with van der Waals surface area (Å²) in [7, 11) is 0. The van der Waals surface area contributed by atoms with Gasteiger partial charge in [0.2, 0.25) is 5.78 Å². The maximum Gasteiger partial charge on any atom is 0.306 e. The monoisotopic (exact) mass is 550 g/mol. The Morgan fingerprint density at radius 1 is 1.05 bits per heavy atom. The Bertz CT molecular complexity index is 1740. The lowest BCUT2D eigenvalue weighted by Crippen LogP contribution is -2.39. The van der Waals surface area contributed by atoms with Crippen molar-refractivity contribution in [2.45, 2.75) is 57.4 Å². The highest BCUT2D eigenvalue weighted by Gasteiger charge is 2.32. The van der Waals surface area contributed by atoms with Crippen molar-refractivity contribution in [1.29, 1.82) is 0 Å². The highest BCUT2D eigenvalue weighted by Crippen LogP contribution is 2.41. The molecule has 41 heavy (non-hydrogen) atoms. The molecule has 2 aromatic heterocycles. The maximum atomic E-state index is 15.4. The van der Waals surface area contributed by atoms with E-state index < -0.39 is 11.8 Å². The summed E-state index contributed by atoms with van der Waals surface area (Å²) >= 11 is 0. The number of carbonyl (C=O) groups excluding carboxylic acids is 1. The fraction of sp³-hybridized carbons (Fsp3) is 0.333. The Morgan fingerprint density at radius 3 is 2.63 bits per heavy atom. The first-order valence-corrected chi connectivity index (χ1v) is 14.4. The molecule has 2 fully saturated rings. The van der Waals surface area contributed by atoms with Gasteiger partial charge in [0.15, 0.2) is 0 Å². The molecule has 3 aliphatic rings. The highest BCUT2D eigenvalue weighted by atomic mass is 19.1. The molecule has 7 rings (SSSR count). The molecule has 7 nitrogen and oxygen atoms in total. The molecule has 4 aromatic rings. The topological polar surface area (TPSA) is 87.8 Å². The first-order valence-electron chi connectivity index (χ1n) is 14.4. The number of allylic oxidation sites excluding steroid dienone is 1. The van der Waals surface area contributed by atoms with Gasteiger partial charge in [-0.05, 0) is 86.3 Å². The molecule has 8 heteroatoms. The van der Waals surface area contributed by atoms with Gasteiger partial charge in [-0.3, -0.25) is 14.0 Å². The van der Waals surface area contributed by atoms with Gasteiger partial charge < -0.3 is 10.0 Å². The Kier molecular flexibility index (Phi) is 6.21. The van der Waals surface area contributed by atoms with E-state index in [1.807, 2.05) is 45.8 Å². The Hall–Kier alpha value is -4.33. The van der Waals surface area contributed by atoms with Gasteiger partial charge in [0.05, 0.1) is 17.7 Å². The van der Waals surface area contributed by atoms with Crippen LogP contribution in [-0.2, 0) is 11.2 Å². The summed E-state index contributed by atoms with van der Waals surface area (Å²) in [5.41, 5.74) is 6.37. The molecule has 208 valence electrons. The number of carbonyl (C=O) groups is 2. The first kappa shape index (κ1) is 25.6. The molecule has 0 spiro atoms. The van der Waals surface area contributed by atoms with Crippen molar-refractivity contribution in [1.82, 2.24) is 19.3 Å². The predicted octanol–water partition coefficient (Wildman–Crippen LogP) is 6.44. The van der Waals surface area contributed by atoms with Crippen LogP contribution in [0, 0.1) is 11.7 Å². The van der Waals surface area contributed by atoms with Crippen molar-refractivity contribution in [2.75, 3.05) is 6.54 Å². The molecule has 2 atom stereocenters. The number of amides is 1. The fourth-order valence-corrected chi connectivity index (χ4v) is 6.41. The molecular weight excluding hydrogens is 519 g/mol. The second kappa shape index (κ2) is 9.94. The average Bonchev–Trinajstić information content (AvgIpc) is 3.55. The van der Waals surface area contributed by atoms with E-state index in [0.717, 1.165) is 30.5 Å². The molecule has 0 bridgehead atoms. The molecule has 2 saturated carbocycles. The molecule has 1 aliphatic heterocycles. The third-order valence-corrected chi connectivity index (χ3v) is 8.85. The third kappa shape index (κ3) is 4.71. The number of imidazole rings is 1. The number of aromatic nitrogens is 3. The zero-order valence-electron chi connectivity index (χ0n) is 22.9. The van der Waals surface area contributed by atoms with Crippen LogP contribution in [0.5, 0.6) is 0 Å². The van der Waals surface area contributed by atoms with Gasteiger partial charge >= 0.3 is 5.97 Å². The SMILES string of the molecule is C[C@@H]1c2ccccc2CCN1C(=O)c1cc(C2CC2)n2cc(-c3ccc(/C=C4\CCC(C(=O)O)C4)cc3F)nc2n1. The summed E-state index contributed by atoms with van der Waals surface area (Å²) in [5.74, 6) is -0.923. The minimum Gasteiger partial charge on any atom is -0.481 e. The standard InChI is InChI=1S/C33H31FN4O3/c1-19-25-5-3-2-4-22(25)12-13-37(19)31(39)28-17-30(23-9-10-23)38-18-29(36-33(38)35-28)26-11-7-21(16-27(26)34)14-20-6-8-24(15-20)32(40)41/h2-5,7,11,14,16-19,23-24H,6,8-10,12-13,15H2,1H3,(H,40,41)/b20-14+/t19-,24?/m1/s1.